The van der Waals surface area contributed by atoms with Crippen molar-refractivity contribution in [2.45, 2.75) is 25.6 Å². The van der Waals surface area contributed by atoms with E-state index in [2.05, 4.69) is 15.3 Å². The van der Waals surface area contributed by atoms with Gasteiger partial charge in [-0.1, -0.05) is 24.3 Å². The fraction of sp³-hybridized carbons (Fsp3) is 0.261. The number of rotatable bonds is 4. The van der Waals surface area contributed by atoms with Crippen molar-refractivity contribution in [1.82, 2.24) is 9.97 Å². The Morgan fingerprint density at radius 1 is 1.19 bits per heavy atom. The second-order valence-corrected chi connectivity index (χ2v) is 7.25. The summed E-state index contributed by atoms with van der Waals surface area (Å²) in [4.78, 5) is 23.9. The molecule has 0 saturated heterocycles. The Bertz CT molecular complexity index is 1360. The fourth-order valence-corrected chi connectivity index (χ4v) is 3.68. The molecule has 0 spiro atoms. The topological polar surface area (TPSA) is 61.4 Å². The average molecular weight is 447 g/mol. The highest BCUT2D eigenvalue weighted by Gasteiger charge is 2.39. The number of pyridine rings is 2. The lowest BCUT2D eigenvalue weighted by Crippen LogP contribution is -2.45. The Morgan fingerprint density at radius 2 is 2.00 bits per heavy atom. The van der Waals surface area contributed by atoms with Gasteiger partial charge in [0.15, 0.2) is 0 Å². The standard InChI is InChI=1S/C23H22F3N5O/c1-14-11-16(23(24,25)26)13-21(28-14)31-17-8-5-4-7-15(17)12-18(31)22(32)30(3)20-10-6-9-19(27-2)29-20/h4-11,13,18H,12H2,1-3H3,(H,27,29)/i2D3,3D3. The van der Waals surface area contributed by atoms with Crippen LogP contribution in [-0.2, 0) is 17.4 Å². The van der Waals surface area contributed by atoms with Crippen LogP contribution >= 0.6 is 0 Å². The molecule has 1 amide bonds. The van der Waals surface area contributed by atoms with E-state index < -0.39 is 37.6 Å². The van der Waals surface area contributed by atoms with E-state index in [4.69, 9.17) is 8.22 Å². The van der Waals surface area contributed by atoms with E-state index in [1.165, 1.54) is 30.0 Å². The summed E-state index contributed by atoms with van der Waals surface area (Å²) < 4.78 is 87.0. The molecule has 0 aliphatic carbocycles. The van der Waals surface area contributed by atoms with Crippen LogP contribution in [0.2, 0.25) is 0 Å². The Morgan fingerprint density at radius 3 is 2.75 bits per heavy atom. The van der Waals surface area contributed by atoms with Crippen LogP contribution in [0, 0.1) is 6.92 Å². The molecule has 3 heterocycles. The number of carbonyl (C=O) groups excluding carboxylic acids is 1. The molecule has 0 saturated carbocycles. The van der Waals surface area contributed by atoms with Crippen molar-refractivity contribution in [3.8, 4) is 0 Å². The highest BCUT2D eigenvalue weighted by molar-refractivity contribution is 6.01. The second kappa shape index (κ2) is 8.14. The largest absolute Gasteiger partial charge is 0.416 e. The third-order valence-corrected chi connectivity index (χ3v) is 5.09. The zero-order valence-electron chi connectivity index (χ0n) is 22.8. The molecule has 9 heteroatoms. The number of aryl methyl sites for hydroxylation is 1. The molecule has 32 heavy (non-hydrogen) atoms. The van der Waals surface area contributed by atoms with Crippen molar-refractivity contribution in [3.05, 3.63) is 71.4 Å². The number of fused-ring (bicyclic) bond motifs is 1. The van der Waals surface area contributed by atoms with Crippen molar-refractivity contribution >= 4 is 29.0 Å². The molecule has 1 aromatic carbocycles. The van der Waals surface area contributed by atoms with E-state index in [9.17, 15) is 18.0 Å². The SMILES string of the molecule is [2H]C([2H])([2H])Nc1cccc(N(C(=O)C2Cc3ccccc3N2c2cc(C(F)(F)F)cc(C)n2)C([2H])([2H])[2H])n1. The number of aromatic nitrogens is 2. The molecule has 4 rings (SSSR count). The van der Waals surface area contributed by atoms with E-state index in [0.717, 1.165) is 12.1 Å². The number of nitrogens with zero attached hydrogens (tertiary/aromatic N) is 4. The van der Waals surface area contributed by atoms with Gasteiger partial charge in [0, 0.05) is 40.0 Å². The van der Waals surface area contributed by atoms with Crippen LogP contribution < -0.4 is 15.1 Å². The maximum Gasteiger partial charge on any atom is 0.416 e. The molecular weight excluding hydrogens is 419 g/mol. The highest BCUT2D eigenvalue weighted by atomic mass is 19.4. The first-order chi connectivity index (χ1) is 17.5. The van der Waals surface area contributed by atoms with Crippen molar-refractivity contribution in [2.75, 3.05) is 29.1 Å². The van der Waals surface area contributed by atoms with E-state index in [1.54, 1.807) is 24.3 Å². The number of anilines is 4. The van der Waals surface area contributed by atoms with Crippen molar-refractivity contribution < 1.29 is 26.2 Å². The molecule has 1 N–H and O–H groups in total. The molecule has 0 fully saturated rings. The van der Waals surface area contributed by atoms with E-state index >= 15 is 0 Å². The van der Waals surface area contributed by atoms with Gasteiger partial charge in [0.1, 0.15) is 23.5 Å². The number of hydrogen-bond acceptors (Lipinski definition) is 5. The molecule has 2 aromatic heterocycles. The molecule has 0 bridgehead atoms. The van der Waals surface area contributed by atoms with Gasteiger partial charge < -0.3 is 10.2 Å². The van der Waals surface area contributed by atoms with Gasteiger partial charge in [0.25, 0.3) is 5.91 Å². The maximum atomic E-state index is 13.9. The van der Waals surface area contributed by atoms with Crippen LogP contribution in [0.3, 0.4) is 0 Å². The lowest BCUT2D eigenvalue weighted by atomic mass is 10.1. The minimum Gasteiger partial charge on any atom is -0.373 e. The summed E-state index contributed by atoms with van der Waals surface area (Å²) >= 11 is 0. The number of hydrogen-bond donors (Lipinski definition) is 1. The summed E-state index contributed by atoms with van der Waals surface area (Å²) in [6, 6.07) is 10.9. The van der Waals surface area contributed by atoms with E-state index in [0.29, 0.717) is 16.2 Å². The van der Waals surface area contributed by atoms with Gasteiger partial charge in [-0.25, -0.2) is 9.97 Å². The lowest BCUT2D eigenvalue weighted by molar-refractivity contribution is -0.137. The van der Waals surface area contributed by atoms with Crippen molar-refractivity contribution in [1.29, 1.82) is 0 Å². The summed E-state index contributed by atoms with van der Waals surface area (Å²) in [6.45, 7) is -4.29. The lowest BCUT2D eigenvalue weighted by Gasteiger charge is -2.29. The number of benzene rings is 1. The molecule has 3 aromatic rings. The summed E-state index contributed by atoms with van der Waals surface area (Å²) in [6.07, 6.45) is -4.68. The van der Waals surface area contributed by atoms with Crippen LogP contribution in [-0.4, -0.2) is 35.9 Å². The van der Waals surface area contributed by atoms with Gasteiger partial charge in [-0.3, -0.25) is 9.69 Å². The summed E-state index contributed by atoms with van der Waals surface area (Å²) in [5, 5.41) is 2.15. The normalized spacial score (nSPS) is 19.0. The van der Waals surface area contributed by atoms with Gasteiger partial charge in [-0.05, 0) is 42.8 Å². The maximum absolute atomic E-state index is 13.9. The van der Waals surface area contributed by atoms with Gasteiger partial charge >= 0.3 is 6.18 Å². The summed E-state index contributed by atoms with van der Waals surface area (Å²) in [5.74, 6) is -1.69. The number of para-hydroxylation sites is 1. The summed E-state index contributed by atoms with van der Waals surface area (Å²) in [5.41, 5.74) is 0.115. The molecular formula is C23H22F3N5O. The first-order valence-corrected chi connectivity index (χ1v) is 9.57. The Kier molecular flexibility index (Phi) is 3.87. The van der Waals surface area contributed by atoms with Crippen molar-refractivity contribution in [3.63, 3.8) is 0 Å². The van der Waals surface area contributed by atoms with Gasteiger partial charge in [-0.15, -0.1) is 0 Å². The smallest absolute Gasteiger partial charge is 0.373 e. The first kappa shape index (κ1) is 15.2. The minimum atomic E-state index is -4.67. The molecule has 1 aliphatic rings. The number of amides is 1. The monoisotopic (exact) mass is 447 g/mol. The van der Waals surface area contributed by atoms with Crippen molar-refractivity contribution in [2.24, 2.45) is 0 Å². The van der Waals surface area contributed by atoms with Crippen LogP contribution in [0.4, 0.5) is 36.3 Å². The van der Waals surface area contributed by atoms with E-state index in [-0.39, 0.29) is 29.6 Å². The van der Waals surface area contributed by atoms with Gasteiger partial charge in [-0.2, -0.15) is 13.2 Å². The highest BCUT2D eigenvalue weighted by Crippen LogP contribution is 2.40. The summed E-state index contributed by atoms with van der Waals surface area (Å²) in [7, 11) is 0. The number of carbonyl (C=O) groups is 1. The second-order valence-electron chi connectivity index (χ2n) is 7.25. The van der Waals surface area contributed by atoms with Gasteiger partial charge in [0.2, 0.25) is 0 Å². The molecule has 0 radical (unpaired) electrons. The Balaban J connectivity index is 1.82. The van der Waals surface area contributed by atoms with E-state index in [1.807, 2.05) is 0 Å². The first-order valence-electron chi connectivity index (χ1n) is 12.6. The minimum absolute atomic E-state index is 0.00816. The number of nitrogens with one attached hydrogen (secondary N) is 1. The molecule has 166 valence electrons. The zero-order valence-corrected chi connectivity index (χ0v) is 16.8. The van der Waals surface area contributed by atoms with Gasteiger partial charge in [0.05, 0.1) is 5.56 Å². The van der Waals surface area contributed by atoms with Crippen LogP contribution in [0.25, 0.3) is 0 Å². The fourth-order valence-electron chi connectivity index (χ4n) is 3.68. The third kappa shape index (κ3) is 3.98. The Hall–Kier alpha value is -3.62. The Labute approximate surface area is 192 Å². The molecule has 6 nitrogen and oxygen atoms in total. The predicted octanol–water partition coefficient (Wildman–Crippen LogP) is 4.57. The average Bonchev–Trinajstić information content (AvgIpc) is 3.16. The van der Waals surface area contributed by atoms with Crippen LogP contribution in [0.5, 0.6) is 0 Å². The van der Waals surface area contributed by atoms with Crippen LogP contribution in [0.1, 0.15) is 25.0 Å². The van der Waals surface area contributed by atoms with Crippen LogP contribution in [0.15, 0.2) is 54.6 Å². The molecule has 1 aliphatic heterocycles. The number of alkyl halides is 3. The quantitative estimate of drug-likeness (QED) is 0.635. The number of halogens is 3. The molecule has 1 unspecified atom stereocenters. The number of likely N-dealkylation sites (N-methyl/N-ethyl adjacent to an activating group) is 1. The molecule has 1 atom stereocenters. The third-order valence-electron chi connectivity index (χ3n) is 5.09. The zero-order chi connectivity index (χ0) is 28.0. The predicted molar refractivity (Wildman–Crippen MR) is 117 cm³/mol.